The van der Waals surface area contributed by atoms with Gasteiger partial charge in [-0.05, 0) is 18.1 Å². The summed E-state index contributed by atoms with van der Waals surface area (Å²) in [4.78, 5) is 0. The van der Waals surface area contributed by atoms with Crippen LogP contribution in [0.1, 0.15) is 23.6 Å². The molecule has 2 N–H and O–H groups in total. The maximum atomic E-state index is 6.24. The quantitative estimate of drug-likeness (QED) is 0.723. The fraction of sp³-hybridized carbons (Fsp3) is 0.263. The van der Waals surface area contributed by atoms with E-state index < -0.39 is 0 Å². The summed E-state index contributed by atoms with van der Waals surface area (Å²) < 4.78 is 16.7. The molecule has 5 heteroatoms. The van der Waals surface area contributed by atoms with Gasteiger partial charge in [0.25, 0.3) is 0 Å². The summed E-state index contributed by atoms with van der Waals surface area (Å²) in [5, 5.41) is 0. The molecule has 4 nitrogen and oxygen atoms in total. The number of nitrogens with two attached hydrogens (primary N) is 1. The molecule has 0 saturated heterocycles. The fourth-order valence-corrected chi connectivity index (χ4v) is 2.33. The minimum atomic E-state index is -0.210. The van der Waals surface area contributed by atoms with Crippen LogP contribution in [-0.4, -0.2) is 14.2 Å². The summed E-state index contributed by atoms with van der Waals surface area (Å²) in [6.07, 6.45) is 2.44. The van der Waals surface area contributed by atoms with Crippen LogP contribution in [0.5, 0.6) is 17.2 Å². The average molecular weight is 350 g/mol. The number of halogens is 1. The number of hydrogen-bond acceptors (Lipinski definition) is 4. The zero-order chi connectivity index (χ0) is 16.7. The molecule has 0 aliphatic heterocycles. The number of benzene rings is 2. The molecule has 0 amide bonds. The third-order valence-corrected chi connectivity index (χ3v) is 3.57. The first-order valence-electron chi connectivity index (χ1n) is 7.48. The van der Waals surface area contributed by atoms with E-state index in [0.717, 1.165) is 11.1 Å². The van der Waals surface area contributed by atoms with Gasteiger partial charge in [0, 0.05) is 17.7 Å². The largest absolute Gasteiger partial charge is 0.493 e. The molecule has 0 saturated carbocycles. The second-order valence-corrected chi connectivity index (χ2v) is 5.15. The molecule has 0 bridgehead atoms. The highest BCUT2D eigenvalue weighted by molar-refractivity contribution is 5.85. The van der Waals surface area contributed by atoms with E-state index in [-0.39, 0.29) is 18.4 Å². The maximum absolute atomic E-state index is 6.24. The Labute approximate surface area is 149 Å². The van der Waals surface area contributed by atoms with Crippen molar-refractivity contribution in [3.05, 3.63) is 66.2 Å². The third-order valence-electron chi connectivity index (χ3n) is 3.57. The summed E-state index contributed by atoms with van der Waals surface area (Å²) in [5.74, 6) is 1.94. The van der Waals surface area contributed by atoms with E-state index >= 15 is 0 Å². The van der Waals surface area contributed by atoms with E-state index in [4.69, 9.17) is 19.9 Å². The molecule has 2 aromatic rings. The minimum Gasteiger partial charge on any atom is -0.493 e. The van der Waals surface area contributed by atoms with Crippen LogP contribution in [0.2, 0.25) is 0 Å². The van der Waals surface area contributed by atoms with Crippen molar-refractivity contribution in [3.8, 4) is 17.2 Å². The highest BCUT2D eigenvalue weighted by Gasteiger charge is 2.17. The van der Waals surface area contributed by atoms with Crippen LogP contribution in [0.3, 0.4) is 0 Å². The number of hydrogen-bond donors (Lipinski definition) is 1. The normalized spacial score (nSPS) is 11.1. The van der Waals surface area contributed by atoms with Crippen molar-refractivity contribution < 1.29 is 14.2 Å². The standard InChI is InChI=1S/C19H23NO3.ClH/c1-4-8-16(20)15-11-18(21-2)19(22-3)12-17(15)23-13-14-9-6-5-7-10-14;/h4-7,9-12,16H,1,8,13,20H2,2-3H3;1H/t16-;/m0./s1. The zero-order valence-corrected chi connectivity index (χ0v) is 14.8. The first-order chi connectivity index (χ1) is 11.2. The molecule has 130 valence electrons. The van der Waals surface area contributed by atoms with Crippen LogP contribution in [0.15, 0.2) is 55.1 Å². The molecule has 0 heterocycles. The summed E-state index contributed by atoms with van der Waals surface area (Å²) >= 11 is 0. The van der Waals surface area contributed by atoms with Crippen molar-refractivity contribution in [2.75, 3.05) is 14.2 Å². The Kier molecular flexibility index (Phi) is 8.16. The van der Waals surface area contributed by atoms with Gasteiger partial charge in [0.15, 0.2) is 11.5 Å². The van der Waals surface area contributed by atoms with E-state index in [0.29, 0.717) is 30.3 Å². The van der Waals surface area contributed by atoms with Gasteiger partial charge < -0.3 is 19.9 Å². The SMILES string of the molecule is C=CC[C@H](N)c1cc(OC)c(OC)cc1OCc1ccccc1.Cl. The van der Waals surface area contributed by atoms with E-state index in [1.165, 1.54) is 0 Å². The minimum absolute atomic E-state index is 0. The van der Waals surface area contributed by atoms with Gasteiger partial charge in [-0.2, -0.15) is 0 Å². The van der Waals surface area contributed by atoms with Crippen LogP contribution in [-0.2, 0) is 6.61 Å². The van der Waals surface area contributed by atoms with E-state index in [1.54, 1.807) is 20.3 Å². The average Bonchev–Trinajstić information content (AvgIpc) is 2.60. The van der Waals surface area contributed by atoms with E-state index in [9.17, 15) is 0 Å². The number of rotatable bonds is 8. The van der Waals surface area contributed by atoms with Gasteiger partial charge in [-0.3, -0.25) is 0 Å². The van der Waals surface area contributed by atoms with Crippen molar-refractivity contribution in [3.63, 3.8) is 0 Å². The van der Waals surface area contributed by atoms with Gasteiger partial charge in [-0.15, -0.1) is 19.0 Å². The van der Waals surface area contributed by atoms with Crippen molar-refractivity contribution >= 4 is 12.4 Å². The molecule has 0 unspecified atom stereocenters. The number of ether oxygens (including phenoxy) is 3. The van der Waals surface area contributed by atoms with E-state index in [2.05, 4.69) is 6.58 Å². The molecule has 2 aromatic carbocycles. The number of methoxy groups -OCH3 is 2. The molecule has 1 atom stereocenters. The van der Waals surface area contributed by atoms with Crippen LogP contribution in [0, 0.1) is 0 Å². The maximum Gasteiger partial charge on any atom is 0.164 e. The lowest BCUT2D eigenvalue weighted by molar-refractivity contribution is 0.295. The van der Waals surface area contributed by atoms with Gasteiger partial charge in [0.05, 0.1) is 14.2 Å². The fourth-order valence-electron chi connectivity index (χ4n) is 2.33. The zero-order valence-electron chi connectivity index (χ0n) is 14.0. The molecule has 0 aliphatic rings. The summed E-state index contributed by atoms with van der Waals surface area (Å²) in [6.45, 7) is 4.21. The molecule has 0 aliphatic carbocycles. The van der Waals surface area contributed by atoms with Gasteiger partial charge in [0.2, 0.25) is 0 Å². The van der Waals surface area contributed by atoms with Crippen LogP contribution in [0.25, 0.3) is 0 Å². The molecule has 2 rings (SSSR count). The van der Waals surface area contributed by atoms with Crippen LogP contribution >= 0.6 is 12.4 Å². The predicted molar refractivity (Wildman–Crippen MR) is 99.3 cm³/mol. The Morgan fingerprint density at radius 2 is 1.67 bits per heavy atom. The second-order valence-electron chi connectivity index (χ2n) is 5.15. The van der Waals surface area contributed by atoms with Crippen LogP contribution < -0.4 is 19.9 Å². The van der Waals surface area contributed by atoms with E-state index in [1.807, 2.05) is 42.5 Å². The first-order valence-corrected chi connectivity index (χ1v) is 7.48. The Hall–Kier alpha value is -2.17. The first kappa shape index (κ1) is 19.9. The predicted octanol–water partition coefficient (Wildman–Crippen LogP) is 4.28. The smallest absolute Gasteiger partial charge is 0.164 e. The second kappa shape index (κ2) is 9.85. The Bertz CT molecular complexity index is 647. The molecule has 24 heavy (non-hydrogen) atoms. The highest BCUT2D eigenvalue weighted by Crippen LogP contribution is 2.38. The third kappa shape index (κ3) is 4.91. The van der Waals surface area contributed by atoms with Crippen molar-refractivity contribution in [2.45, 2.75) is 19.1 Å². The monoisotopic (exact) mass is 349 g/mol. The van der Waals surface area contributed by atoms with Gasteiger partial charge in [0.1, 0.15) is 12.4 Å². The highest BCUT2D eigenvalue weighted by atomic mass is 35.5. The van der Waals surface area contributed by atoms with Gasteiger partial charge >= 0.3 is 0 Å². The van der Waals surface area contributed by atoms with Gasteiger partial charge in [-0.1, -0.05) is 36.4 Å². The Morgan fingerprint density at radius 3 is 2.25 bits per heavy atom. The molecular formula is C19H24ClNO3. The summed E-state index contributed by atoms with van der Waals surface area (Å²) in [7, 11) is 3.20. The summed E-state index contributed by atoms with van der Waals surface area (Å²) in [6, 6.07) is 13.5. The molecule has 0 spiro atoms. The Morgan fingerprint density at radius 1 is 1.04 bits per heavy atom. The van der Waals surface area contributed by atoms with Crippen molar-refractivity contribution in [2.24, 2.45) is 5.73 Å². The Balaban J connectivity index is 0.00000288. The topological polar surface area (TPSA) is 53.7 Å². The lowest BCUT2D eigenvalue weighted by atomic mass is 10.0. The molecular weight excluding hydrogens is 326 g/mol. The van der Waals surface area contributed by atoms with Gasteiger partial charge in [-0.25, -0.2) is 0 Å². The molecule has 0 aromatic heterocycles. The lowest BCUT2D eigenvalue weighted by Gasteiger charge is -2.19. The molecule has 0 radical (unpaired) electrons. The van der Waals surface area contributed by atoms with Crippen molar-refractivity contribution in [1.82, 2.24) is 0 Å². The van der Waals surface area contributed by atoms with Crippen molar-refractivity contribution in [1.29, 1.82) is 0 Å². The summed E-state index contributed by atoms with van der Waals surface area (Å²) in [5.41, 5.74) is 8.20. The lowest BCUT2D eigenvalue weighted by Crippen LogP contribution is -2.12. The van der Waals surface area contributed by atoms with Crippen LogP contribution in [0.4, 0.5) is 0 Å². The molecule has 0 fully saturated rings.